The van der Waals surface area contributed by atoms with Crippen molar-refractivity contribution >= 4 is 88.8 Å². The Balaban J connectivity index is 0.939. The minimum atomic E-state index is 0.819. The molecule has 5 heteroatoms. The molecule has 13 aromatic rings. The van der Waals surface area contributed by atoms with Crippen LogP contribution in [0.15, 0.2) is 251 Å². The maximum atomic E-state index is 6.94. The number of rotatable bonds is 8. The summed E-state index contributed by atoms with van der Waals surface area (Å²) in [5.74, 6) is 1.64. The van der Waals surface area contributed by atoms with E-state index in [9.17, 15) is 0 Å². The third-order valence-corrected chi connectivity index (χ3v) is 13.7. The van der Waals surface area contributed by atoms with Crippen molar-refractivity contribution in [2.45, 2.75) is 0 Å². The molecule has 3 heterocycles. The zero-order valence-corrected chi connectivity index (χ0v) is 37.2. The van der Waals surface area contributed by atoms with E-state index in [-0.39, 0.29) is 0 Å². The second kappa shape index (κ2) is 15.7. The lowest BCUT2D eigenvalue weighted by Crippen LogP contribution is -2.13. The van der Waals surface area contributed by atoms with Gasteiger partial charge in [-0.05, 0) is 102 Å². The topological polar surface area (TPSA) is 42.0 Å². The van der Waals surface area contributed by atoms with Crippen molar-refractivity contribution < 1.29 is 13.6 Å². The van der Waals surface area contributed by atoms with Crippen LogP contribution in [0.4, 0.5) is 34.1 Å². The van der Waals surface area contributed by atoms with Crippen molar-refractivity contribution in [2.75, 3.05) is 9.80 Å². The molecule has 0 aliphatic carbocycles. The molecule has 5 nitrogen and oxygen atoms in total. The Hall–Kier alpha value is -9.32. The van der Waals surface area contributed by atoms with E-state index in [0.717, 1.165) is 134 Å². The summed E-state index contributed by atoms with van der Waals surface area (Å²) in [6, 6.07) is 85.5. The fourth-order valence-corrected chi connectivity index (χ4v) is 10.6. The minimum absolute atomic E-state index is 0.819. The van der Waals surface area contributed by atoms with Gasteiger partial charge in [-0.2, -0.15) is 0 Å². The maximum absolute atomic E-state index is 6.94. The van der Waals surface area contributed by atoms with Crippen LogP contribution in [0.5, 0.6) is 11.5 Å². The van der Waals surface area contributed by atoms with E-state index in [1.165, 1.54) is 0 Å². The molecule has 69 heavy (non-hydrogen) atoms. The van der Waals surface area contributed by atoms with E-state index in [1.807, 2.05) is 24.3 Å². The van der Waals surface area contributed by atoms with Gasteiger partial charge in [0.05, 0.1) is 11.4 Å². The first kappa shape index (κ1) is 38.9. The van der Waals surface area contributed by atoms with Crippen molar-refractivity contribution in [1.29, 1.82) is 0 Å². The number of fused-ring (bicyclic) bond motifs is 8. The maximum Gasteiger partial charge on any atom is 0.143 e. The number of ether oxygens (including phenoxy) is 1. The molecule has 0 spiro atoms. The number of hydrogen-bond acceptors (Lipinski definition) is 5. The van der Waals surface area contributed by atoms with Crippen LogP contribution < -0.4 is 14.5 Å². The molecule has 324 valence electrons. The SMILES string of the molecule is c1ccc(N(c2ccccc2)c2cccc3c2-c2cccc4c(N(c5ccc(-c6cccc7c6oc6ccccc67)cc5)c5ccc(-c6cccc7c6oc6ccccc67)cc5)ccc(c24)O3)cc1. The van der Waals surface area contributed by atoms with E-state index < -0.39 is 0 Å². The summed E-state index contributed by atoms with van der Waals surface area (Å²) in [7, 11) is 0. The summed E-state index contributed by atoms with van der Waals surface area (Å²) in [5.41, 5.74) is 16.2. The summed E-state index contributed by atoms with van der Waals surface area (Å²) in [6.07, 6.45) is 0. The first-order chi connectivity index (χ1) is 34.2. The lowest BCUT2D eigenvalue weighted by Gasteiger charge is -2.32. The average molecular weight is 885 g/mol. The highest BCUT2D eigenvalue weighted by Crippen LogP contribution is 2.55. The van der Waals surface area contributed by atoms with Crippen LogP contribution in [0.25, 0.3) is 88.0 Å². The smallest absolute Gasteiger partial charge is 0.143 e. The minimum Gasteiger partial charge on any atom is -0.456 e. The van der Waals surface area contributed by atoms with E-state index in [0.29, 0.717) is 0 Å². The van der Waals surface area contributed by atoms with E-state index in [2.05, 4.69) is 228 Å². The highest BCUT2D eigenvalue weighted by Gasteiger charge is 2.29. The Labute approximate surface area is 397 Å². The quantitative estimate of drug-likeness (QED) is 0.152. The van der Waals surface area contributed by atoms with Crippen molar-refractivity contribution in [2.24, 2.45) is 0 Å². The van der Waals surface area contributed by atoms with Crippen molar-refractivity contribution in [3.05, 3.63) is 243 Å². The van der Waals surface area contributed by atoms with Gasteiger partial charge in [0.2, 0.25) is 0 Å². The molecule has 14 rings (SSSR count). The van der Waals surface area contributed by atoms with Gasteiger partial charge in [0.25, 0.3) is 0 Å². The molecule has 0 radical (unpaired) electrons. The molecule has 1 aliphatic rings. The standard InChI is InChI=1S/C64H40N2O3/c1-3-15-43(16-4-1)66(44-17-5-2-6-18-44)56-27-14-30-59-62(56)54-26-13-25-53-55(39-40-60(67-59)61(53)54)65(45-35-31-41(32-36-45)47-21-11-23-51-49-19-7-9-28-57(49)68-63(47)51)46-37-33-42(34-38-46)48-22-12-24-52-50-20-8-10-29-58(50)69-64(48)52/h1-40H. The van der Waals surface area contributed by atoms with Gasteiger partial charge in [0, 0.05) is 71.8 Å². The van der Waals surface area contributed by atoms with Crippen LogP contribution in [0, 0.1) is 0 Å². The predicted octanol–water partition coefficient (Wildman–Crippen LogP) is 18.7. The van der Waals surface area contributed by atoms with Gasteiger partial charge >= 0.3 is 0 Å². The van der Waals surface area contributed by atoms with Gasteiger partial charge in [-0.25, -0.2) is 0 Å². The molecule has 2 aromatic heterocycles. The third-order valence-electron chi connectivity index (χ3n) is 13.7. The lowest BCUT2D eigenvalue weighted by atomic mass is 9.91. The number of anilines is 6. The zero-order chi connectivity index (χ0) is 45.4. The Morgan fingerprint density at radius 3 is 1.29 bits per heavy atom. The van der Waals surface area contributed by atoms with Crippen LogP contribution in [0.2, 0.25) is 0 Å². The summed E-state index contributed by atoms with van der Waals surface area (Å²) in [5, 5.41) is 6.58. The second-order valence-electron chi connectivity index (χ2n) is 17.6. The van der Waals surface area contributed by atoms with Crippen LogP contribution >= 0.6 is 0 Å². The van der Waals surface area contributed by atoms with Crippen LogP contribution in [-0.4, -0.2) is 0 Å². The van der Waals surface area contributed by atoms with E-state index >= 15 is 0 Å². The molecular weight excluding hydrogens is 845 g/mol. The van der Waals surface area contributed by atoms with Crippen LogP contribution in [0.3, 0.4) is 0 Å². The lowest BCUT2D eigenvalue weighted by molar-refractivity contribution is 0.487. The highest BCUT2D eigenvalue weighted by atomic mass is 16.5. The number of hydrogen-bond donors (Lipinski definition) is 0. The molecular formula is C64H40N2O3. The van der Waals surface area contributed by atoms with Gasteiger partial charge in [0.15, 0.2) is 0 Å². The molecule has 1 aliphatic heterocycles. The predicted molar refractivity (Wildman–Crippen MR) is 284 cm³/mol. The Kier molecular flexibility index (Phi) is 8.83. The zero-order valence-electron chi connectivity index (χ0n) is 37.2. The van der Waals surface area contributed by atoms with Crippen molar-refractivity contribution in [3.8, 4) is 44.9 Å². The first-order valence-electron chi connectivity index (χ1n) is 23.3. The molecule has 11 aromatic carbocycles. The molecule has 0 unspecified atom stereocenters. The summed E-state index contributed by atoms with van der Waals surface area (Å²) in [4.78, 5) is 4.69. The third kappa shape index (κ3) is 6.25. The van der Waals surface area contributed by atoms with Gasteiger partial charge in [-0.1, -0.05) is 158 Å². The monoisotopic (exact) mass is 884 g/mol. The van der Waals surface area contributed by atoms with Crippen molar-refractivity contribution in [1.82, 2.24) is 0 Å². The summed E-state index contributed by atoms with van der Waals surface area (Å²) < 4.78 is 19.9. The molecule has 0 atom stereocenters. The Morgan fingerprint density at radius 2 is 0.725 bits per heavy atom. The summed E-state index contributed by atoms with van der Waals surface area (Å²) >= 11 is 0. The van der Waals surface area contributed by atoms with E-state index in [1.54, 1.807) is 0 Å². The van der Waals surface area contributed by atoms with Gasteiger partial charge in [0.1, 0.15) is 33.8 Å². The fourth-order valence-electron chi connectivity index (χ4n) is 10.6. The molecule has 0 amide bonds. The Morgan fingerprint density at radius 1 is 0.275 bits per heavy atom. The second-order valence-corrected chi connectivity index (χ2v) is 17.6. The summed E-state index contributed by atoms with van der Waals surface area (Å²) in [6.45, 7) is 0. The van der Waals surface area contributed by atoms with Crippen LogP contribution in [-0.2, 0) is 0 Å². The van der Waals surface area contributed by atoms with E-state index in [4.69, 9.17) is 13.6 Å². The largest absolute Gasteiger partial charge is 0.456 e. The number of furan rings is 2. The van der Waals surface area contributed by atoms with Gasteiger partial charge < -0.3 is 23.4 Å². The Bertz CT molecular complexity index is 3900. The normalized spacial score (nSPS) is 11.9. The van der Waals surface area contributed by atoms with Crippen LogP contribution in [0.1, 0.15) is 0 Å². The molecule has 0 saturated heterocycles. The van der Waals surface area contributed by atoms with Crippen molar-refractivity contribution in [3.63, 3.8) is 0 Å². The molecule has 0 fully saturated rings. The van der Waals surface area contributed by atoms with Gasteiger partial charge in [-0.15, -0.1) is 0 Å². The molecule has 0 bridgehead atoms. The molecule has 0 N–H and O–H groups in total. The number of para-hydroxylation sites is 6. The molecule has 0 saturated carbocycles. The number of nitrogens with zero attached hydrogens (tertiary/aromatic N) is 2. The van der Waals surface area contributed by atoms with Gasteiger partial charge in [-0.3, -0.25) is 0 Å². The number of benzene rings is 11. The fraction of sp³-hybridized carbons (Fsp3) is 0. The average Bonchev–Trinajstić information content (AvgIpc) is 4.00. The highest BCUT2D eigenvalue weighted by molar-refractivity contribution is 6.14. The first-order valence-corrected chi connectivity index (χ1v) is 23.3.